The zero-order chi connectivity index (χ0) is 23.1. The molecule has 1 N–H and O–H groups in total. The fraction of sp³-hybridized carbons (Fsp3) is 0.346. The van der Waals surface area contributed by atoms with E-state index in [1.54, 1.807) is 13.2 Å². The van der Waals surface area contributed by atoms with Crippen LogP contribution in [0.15, 0.2) is 42.2 Å². The van der Waals surface area contributed by atoms with Crippen LogP contribution in [0, 0.1) is 6.92 Å². The molecule has 0 radical (unpaired) electrons. The molecular weight excluding hydrogens is 418 g/mol. The van der Waals surface area contributed by atoms with Gasteiger partial charge in [0, 0.05) is 61.4 Å². The third-order valence-electron chi connectivity index (χ3n) is 6.74. The van der Waals surface area contributed by atoms with Crippen molar-refractivity contribution in [1.82, 2.24) is 14.4 Å². The summed E-state index contributed by atoms with van der Waals surface area (Å²) in [5.41, 5.74) is 3.52. The van der Waals surface area contributed by atoms with E-state index in [0.717, 1.165) is 67.2 Å². The summed E-state index contributed by atoms with van der Waals surface area (Å²) in [4.78, 5) is 17.8. The fourth-order valence-corrected chi connectivity index (χ4v) is 4.71. The van der Waals surface area contributed by atoms with Crippen molar-refractivity contribution >= 4 is 22.8 Å². The molecule has 1 aromatic heterocycles. The molecular formula is C26H29N3O4. The molecule has 7 heteroatoms. The van der Waals surface area contributed by atoms with Crippen LogP contribution in [0.4, 0.5) is 0 Å². The minimum atomic E-state index is -0.221. The summed E-state index contributed by atoms with van der Waals surface area (Å²) in [5.74, 6) is 1.33. The number of Topliss-reactive ketones (excluding diaryl/α,β-unsaturated/α-hetero) is 1. The molecule has 0 unspecified atom stereocenters. The van der Waals surface area contributed by atoms with Crippen molar-refractivity contribution in [3.05, 3.63) is 59.0 Å². The lowest BCUT2D eigenvalue weighted by molar-refractivity contribution is 0.101. The van der Waals surface area contributed by atoms with Gasteiger partial charge in [0.25, 0.3) is 0 Å². The molecule has 172 valence electrons. The number of fused-ring (bicyclic) bond motifs is 2. The summed E-state index contributed by atoms with van der Waals surface area (Å²) in [6.07, 6.45) is 1.82. The predicted molar refractivity (Wildman–Crippen MR) is 128 cm³/mol. The van der Waals surface area contributed by atoms with Crippen LogP contribution in [0.2, 0.25) is 0 Å². The Morgan fingerprint density at radius 3 is 2.64 bits per heavy atom. The predicted octanol–water partition coefficient (Wildman–Crippen LogP) is 3.53. The quantitative estimate of drug-likeness (QED) is 0.604. The van der Waals surface area contributed by atoms with Gasteiger partial charge in [-0.25, -0.2) is 0 Å². The summed E-state index contributed by atoms with van der Waals surface area (Å²) in [6, 6.07) is 10.7. The zero-order valence-corrected chi connectivity index (χ0v) is 19.3. The number of carbonyl (C=O) groups excluding carboxylic acids is 1. The smallest absolute Gasteiger partial charge is 0.232 e. The first-order valence-corrected chi connectivity index (χ1v) is 11.3. The van der Waals surface area contributed by atoms with Gasteiger partial charge in [-0.3, -0.25) is 9.69 Å². The molecule has 33 heavy (non-hydrogen) atoms. The van der Waals surface area contributed by atoms with E-state index in [2.05, 4.69) is 34.4 Å². The Morgan fingerprint density at radius 1 is 1.09 bits per heavy atom. The van der Waals surface area contributed by atoms with Crippen LogP contribution >= 0.6 is 0 Å². The highest BCUT2D eigenvalue weighted by Crippen LogP contribution is 2.36. The minimum Gasteiger partial charge on any atom is -0.508 e. The van der Waals surface area contributed by atoms with E-state index in [1.165, 1.54) is 12.1 Å². The Kier molecular flexibility index (Phi) is 5.60. The van der Waals surface area contributed by atoms with Crippen LogP contribution in [-0.4, -0.2) is 72.1 Å². The van der Waals surface area contributed by atoms with Crippen molar-refractivity contribution in [2.45, 2.75) is 13.5 Å². The lowest BCUT2D eigenvalue weighted by atomic mass is 10.1. The van der Waals surface area contributed by atoms with Crippen molar-refractivity contribution in [2.75, 3.05) is 46.9 Å². The van der Waals surface area contributed by atoms with E-state index < -0.39 is 0 Å². The Balaban J connectivity index is 1.51. The number of hydrogen-bond donors (Lipinski definition) is 1. The average molecular weight is 448 g/mol. The standard InChI is InChI=1S/C26H29N3O4/c1-17-20(16-25-26(31)22-14-18(30)4-7-24(22)33-25)21-15-19(32-3)5-6-23(21)29(17)13-12-28-10-8-27(2)9-11-28/h4-7,14-16,30H,8-13H2,1-3H3. The average Bonchev–Trinajstić information content (AvgIpc) is 3.26. The topological polar surface area (TPSA) is 67.2 Å². The summed E-state index contributed by atoms with van der Waals surface area (Å²) in [7, 11) is 3.82. The summed E-state index contributed by atoms with van der Waals surface area (Å²) in [6.45, 7) is 8.26. The van der Waals surface area contributed by atoms with Gasteiger partial charge in [0.05, 0.1) is 12.7 Å². The number of nitrogens with zero attached hydrogens (tertiary/aromatic N) is 3. The van der Waals surface area contributed by atoms with Crippen molar-refractivity contribution in [3.8, 4) is 17.2 Å². The molecule has 0 atom stereocenters. The van der Waals surface area contributed by atoms with Gasteiger partial charge in [0.2, 0.25) is 5.78 Å². The first-order chi connectivity index (χ1) is 15.9. The van der Waals surface area contributed by atoms with Crippen LogP contribution in [0.1, 0.15) is 21.6 Å². The van der Waals surface area contributed by atoms with E-state index in [9.17, 15) is 9.90 Å². The highest BCUT2D eigenvalue weighted by molar-refractivity contribution is 6.15. The number of benzene rings is 2. The Labute approximate surface area is 193 Å². The lowest BCUT2D eigenvalue weighted by Gasteiger charge is -2.32. The second-order valence-electron chi connectivity index (χ2n) is 8.80. The van der Waals surface area contributed by atoms with E-state index in [4.69, 9.17) is 9.47 Å². The normalized spacial score (nSPS) is 18.2. The van der Waals surface area contributed by atoms with E-state index in [-0.39, 0.29) is 17.3 Å². The van der Waals surface area contributed by atoms with Gasteiger partial charge >= 0.3 is 0 Å². The Hall–Kier alpha value is -3.29. The van der Waals surface area contributed by atoms with Gasteiger partial charge in [-0.15, -0.1) is 0 Å². The number of piperazine rings is 1. The van der Waals surface area contributed by atoms with E-state index >= 15 is 0 Å². The van der Waals surface area contributed by atoms with E-state index in [0.29, 0.717) is 11.3 Å². The summed E-state index contributed by atoms with van der Waals surface area (Å²) in [5, 5.41) is 10.8. The number of aromatic nitrogens is 1. The molecule has 2 aromatic carbocycles. The number of phenolic OH excluding ortho intramolecular Hbond substituents is 1. The van der Waals surface area contributed by atoms with Crippen LogP contribution in [-0.2, 0) is 6.54 Å². The Morgan fingerprint density at radius 2 is 1.88 bits per heavy atom. The molecule has 0 aliphatic carbocycles. The molecule has 5 rings (SSSR count). The summed E-state index contributed by atoms with van der Waals surface area (Å²) < 4.78 is 13.7. The van der Waals surface area contributed by atoms with Crippen molar-refractivity contribution < 1.29 is 19.4 Å². The highest BCUT2D eigenvalue weighted by atomic mass is 16.5. The number of rotatable bonds is 5. The minimum absolute atomic E-state index is 0.0494. The zero-order valence-electron chi connectivity index (χ0n) is 19.3. The molecule has 1 saturated heterocycles. The van der Waals surface area contributed by atoms with Gasteiger partial charge in [-0.05, 0) is 56.4 Å². The number of likely N-dealkylation sites (N-methyl/N-ethyl adjacent to an activating group) is 1. The van der Waals surface area contributed by atoms with Crippen LogP contribution in [0.25, 0.3) is 17.0 Å². The second-order valence-corrected chi connectivity index (χ2v) is 8.80. The van der Waals surface area contributed by atoms with E-state index in [1.807, 2.05) is 18.2 Å². The first-order valence-electron chi connectivity index (χ1n) is 11.3. The monoisotopic (exact) mass is 447 g/mol. The van der Waals surface area contributed by atoms with Crippen molar-refractivity contribution in [3.63, 3.8) is 0 Å². The lowest BCUT2D eigenvalue weighted by Crippen LogP contribution is -2.45. The molecule has 0 amide bonds. The molecule has 0 saturated carbocycles. The number of phenols is 1. The van der Waals surface area contributed by atoms with Crippen LogP contribution in [0.3, 0.4) is 0 Å². The van der Waals surface area contributed by atoms with Crippen molar-refractivity contribution in [2.24, 2.45) is 0 Å². The third kappa shape index (κ3) is 3.98. The van der Waals surface area contributed by atoms with Gasteiger partial charge < -0.3 is 24.0 Å². The van der Waals surface area contributed by atoms with Crippen LogP contribution < -0.4 is 9.47 Å². The number of allylic oxidation sites excluding steroid dienone is 1. The van der Waals surface area contributed by atoms with Gasteiger partial charge in [-0.1, -0.05) is 0 Å². The maximum absolute atomic E-state index is 12.9. The highest BCUT2D eigenvalue weighted by Gasteiger charge is 2.28. The molecule has 0 spiro atoms. The third-order valence-corrected chi connectivity index (χ3v) is 6.74. The van der Waals surface area contributed by atoms with Crippen LogP contribution in [0.5, 0.6) is 17.2 Å². The molecule has 2 aliphatic heterocycles. The molecule has 7 nitrogen and oxygen atoms in total. The van der Waals surface area contributed by atoms with Gasteiger partial charge in [-0.2, -0.15) is 0 Å². The first kappa shape index (κ1) is 21.6. The van der Waals surface area contributed by atoms with Gasteiger partial charge in [0.1, 0.15) is 17.2 Å². The number of ketones is 1. The van der Waals surface area contributed by atoms with Crippen molar-refractivity contribution in [1.29, 1.82) is 0 Å². The number of methoxy groups -OCH3 is 1. The maximum Gasteiger partial charge on any atom is 0.232 e. The molecule has 1 fully saturated rings. The fourth-order valence-electron chi connectivity index (χ4n) is 4.71. The largest absolute Gasteiger partial charge is 0.508 e. The SMILES string of the molecule is COc1ccc2c(c1)c(C=C1Oc3ccc(O)cc3C1=O)c(C)n2CCN1CCN(C)CC1. The number of hydrogen-bond acceptors (Lipinski definition) is 6. The number of carbonyl (C=O) groups is 1. The summed E-state index contributed by atoms with van der Waals surface area (Å²) >= 11 is 0. The van der Waals surface area contributed by atoms with Gasteiger partial charge in [0.15, 0.2) is 5.76 Å². The second kappa shape index (κ2) is 8.57. The number of aromatic hydroxyl groups is 1. The molecule has 3 aromatic rings. The molecule has 2 aliphatic rings. The number of ether oxygens (including phenoxy) is 2. The molecule has 0 bridgehead atoms. The molecule has 3 heterocycles. The maximum atomic E-state index is 12.9. The Bertz CT molecular complexity index is 1250.